The Morgan fingerprint density at radius 1 is 1.43 bits per heavy atom. The number of nitrogens with zero attached hydrogens (tertiary/aromatic N) is 2. The zero-order valence-electron chi connectivity index (χ0n) is 12.2. The fourth-order valence-corrected chi connectivity index (χ4v) is 2.84. The second-order valence-corrected chi connectivity index (χ2v) is 5.74. The fourth-order valence-electron chi connectivity index (χ4n) is 2.84. The molecule has 2 heterocycles. The van der Waals surface area contributed by atoms with Gasteiger partial charge in [0, 0.05) is 43.1 Å². The van der Waals surface area contributed by atoms with Crippen molar-refractivity contribution in [1.82, 2.24) is 15.5 Å². The van der Waals surface area contributed by atoms with Gasteiger partial charge in [0.05, 0.1) is 6.20 Å². The highest BCUT2D eigenvalue weighted by atomic mass is 19.1. The Kier molecular flexibility index (Phi) is 4.20. The lowest BCUT2D eigenvalue weighted by Crippen LogP contribution is -2.28. The van der Waals surface area contributed by atoms with Gasteiger partial charge in [-0.3, -0.25) is 5.10 Å². The summed E-state index contributed by atoms with van der Waals surface area (Å²) in [7, 11) is 0. The molecule has 0 bridgehead atoms. The molecule has 1 aliphatic heterocycles. The van der Waals surface area contributed by atoms with E-state index in [2.05, 4.69) is 27.3 Å². The Morgan fingerprint density at radius 2 is 2.24 bits per heavy atom. The van der Waals surface area contributed by atoms with E-state index in [0.717, 1.165) is 25.3 Å². The molecule has 4 nitrogen and oxygen atoms in total. The quantitative estimate of drug-likeness (QED) is 0.889. The van der Waals surface area contributed by atoms with Gasteiger partial charge in [0.15, 0.2) is 0 Å². The molecule has 2 atom stereocenters. The summed E-state index contributed by atoms with van der Waals surface area (Å²) >= 11 is 0. The zero-order chi connectivity index (χ0) is 14.7. The maximum absolute atomic E-state index is 13.0. The van der Waals surface area contributed by atoms with Crippen molar-refractivity contribution < 1.29 is 4.39 Å². The molecule has 0 spiro atoms. The van der Waals surface area contributed by atoms with E-state index >= 15 is 0 Å². The summed E-state index contributed by atoms with van der Waals surface area (Å²) in [5.41, 5.74) is 2.30. The lowest BCUT2D eigenvalue weighted by molar-refractivity contribution is 0.473. The average Bonchev–Trinajstić information content (AvgIpc) is 3.17. The molecule has 2 aromatic rings. The lowest BCUT2D eigenvalue weighted by atomic mass is 10.1. The number of anilines is 1. The Hall–Kier alpha value is -1.88. The second kappa shape index (κ2) is 6.26. The third kappa shape index (κ3) is 3.42. The number of nitrogens with one attached hydrogen (secondary N) is 2. The topological polar surface area (TPSA) is 44.0 Å². The van der Waals surface area contributed by atoms with Gasteiger partial charge in [-0.05, 0) is 43.5 Å². The average molecular weight is 288 g/mol. The molecule has 1 aromatic carbocycles. The molecule has 0 saturated carbocycles. The van der Waals surface area contributed by atoms with Crippen molar-refractivity contribution in [1.29, 1.82) is 0 Å². The van der Waals surface area contributed by atoms with E-state index in [1.165, 1.54) is 24.1 Å². The van der Waals surface area contributed by atoms with Crippen LogP contribution in [-0.2, 0) is 0 Å². The van der Waals surface area contributed by atoms with E-state index < -0.39 is 0 Å². The number of aromatic amines is 1. The van der Waals surface area contributed by atoms with Crippen LogP contribution in [0.5, 0.6) is 0 Å². The number of aromatic nitrogens is 2. The van der Waals surface area contributed by atoms with Gasteiger partial charge in [0.25, 0.3) is 0 Å². The predicted octanol–water partition coefficient (Wildman–Crippen LogP) is 2.73. The van der Waals surface area contributed by atoms with Crippen molar-refractivity contribution in [3.63, 3.8) is 0 Å². The normalized spacial score (nSPS) is 19.9. The molecule has 21 heavy (non-hydrogen) atoms. The van der Waals surface area contributed by atoms with Crippen LogP contribution in [0.3, 0.4) is 0 Å². The SMILES string of the molecule is C[C@@H](NC[C@H]1CCN(c2ccc(F)cc2)C1)c1cn[nH]c1. The van der Waals surface area contributed by atoms with Gasteiger partial charge in [-0.2, -0.15) is 5.10 Å². The largest absolute Gasteiger partial charge is 0.371 e. The minimum atomic E-state index is -0.176. The van der Waals surface area contributed by atoms with Crippen molar-refractivity contribution in [2.45, 2.75) is 19.4 Å². The van der Waals surface area contributed by atoms with Crippen LogP contribution in [-0.4, -0.2) is 29.8 Å². The Bertz CT molecular complexity index is 552. The van der Waals surface area contributed by atoms with E-state index in [-0.39, 0.29) is 5.82 Å². The van der Waals surface area contributed by atoms with Crippen LogP contribution in [0.4, 0.5) is 10.1 Å². The first-order chi connectivity index (χ1) is 10.2. The number of hydrogen-bond donors (Lipinski definition) is 2. The van der Waals surface area contributed by atoms with Gasteiger partial charge >= 0.3 is 0 Å². The van der Waals surface area contributed by atoms with Crippen molar-refractivity contribution in [3.05, 3.63) is 48.0 Å². The Morgan fingerprint density at radius 3 is 2.95 bits per heavy atom. The number of H-pyrrole nitrogens is 1. The molecule has 2 N–H and O–H groups in total. The lowest BCUT2D eigenvalue weighted by Gasteiger charge is -2.20. The van der Waals surface area contributed by atoms with Crippen molar-refractivity contribution in [2.24, 2.45) is 5.92 Å². The first kappa shape index (κ1) is 14.1. The Balaban J connectivity index is 1.49. The third-order valence-corrected chi connectivity index (χ3v) is 4.21. The van der Waals surface area contributed by atoms with Gasteiger partial charge < -0.3 is 10.2 Å². The smallest absolute Gasteiger partial charge is 0.123 e. The van der Waals surface area contributed by atoms with Crippen molar-refractivity contribution in [2.75, 3.05) is 24.5 Å². The molecule has 0 amide bonds. The van der Waals surface area contributed by atoms with Gasteiger partial charge in [0.1, 0.15) is 5.82 Å². The molecule has 1 fully saturated rings. The summed E-state index contributed by atoms with van der Waals surface area (Å²) in [6, 6.07) is 7.09. The van der Waals surface area contributed by atoms with Crippen molar-refractivity contribution in [3.8, 4) is 0 Å². The summed E-state index contributed by atoms with van der Waals surface area (Å²) < 4.78 is 13.0. The van der Waals surface area contributed by atoms with E-state index in [1.807, 2.05) is 24.5 Å². The zero-order valence-corrected chi connectivity index (χ0v) is 12.2. The van der Waals surface area contributed by atoms with E-state index in [9.17, 15) is 4.39 Å². The minimum Gasteiger partial charge on any atom is -0.371 e. The molecule has 112 valence electrons. The maximum atomic E-state index is 13.0. The van der Waals surface area contributed by atoms with Gasteiger partial charge in [-0.1, -0.05) is 0 Å². The molecular weight excluding hydrogens is 267 g/mol. The summed E-state index contributed by atoms with van der Waals surface area (Å²) in [6.07, 6.45) is 4.96. The molecular formula is C16H21FN4. The highest BCUT2D eigenvalue weighted by molar-refractivity contribution is 5.47. The molecule has 1 aromatic heterocycles. The van der Waals surface area contributed by atoms with Crippen LogP contribution in [0.15, 0.2) is 36.7 Å². The third-order valence-electron chi connectivity index (χ3n) is 4.21. The second-order valence-electron chi connectivity index (χ2n) is 5.74. The van der Waals surface area contributed by atoms with Crippen LogP contribution in [0.2, 0.25) is 0 Å². The first-order valence-electron chi connectivity index (χ1n) is 7.45. The monoisotopic (exact) mass is 288 g/mol. The van der Waals surface area contributed by atoms with Crippen LogP contribution < -0.4 is 10.2 Å². The van der Waals surface area contributed by atoms with Crippen LogP contribution in [0, 0.1) is 11.7 Å². The van der Waals surface area contributed by atoms with Gasteiger partial charge in [0.2, 0.25) is 0 Å². The minimum absolute atomic E-state index is 0.176. The molecule has 0 radical (unpaired) electrons. The highest BCUT2D eigenvalue weighted by Crippen LogP contribution is 2.24. The van der Waals surface area contributed by atoms with E-state index in [0.29, 0.717) is 12.0 Å². The molecule has 3 rings (SSSR count). The molecule has 1 saturated heterocycles. The predicted molar refractivity (Wildman–Crippen MR) is 81.7 cm³/mol. The first-order valence-corrected chi connectivity index (χ1v) is 7.45. The summed E-state index contributed by atoms with van der Waals surface area (Å²) in [6.45, 7) is 5.20. The highest BCUT2D eigenvalue weighted by Gasteiger charge is 2.23. The molecule has 0 unspecified atom stereocenters. The van der Waals surface area contributed by atoms with E-state index in [4.69, 9.17) is 0 Å². The number of rotatable bonds is 5. The maximum Gasteiger partial charge on any atom is 0.123 e. The molecule has 5 heteroatoms. The molecule has 1 aliphatic rings. The van der Waals surface area contributed by atoms with Crippen LogP contribution in [0.25, 0.3) is 0 Å². The standard InChI is InChI=1S/C16H21FN4/c1-12(14-9-19-20-10-14)18-8-13-6-7-21(11-13)16-4-2-15(17)3-5-16/h2-5,9-10,12-13,18H,6-8,11H2,1H3,(H,19,20)/t12-,13-/m1/s1. The number of hydrogen-bond acceptors (Lipinski definition) is 3. The van der Waals surface area contributed by atoms with Crippen LogP contribution in [0.1, 0.15) is 24.9 Å². The molecule has 0 aliphatic carbocycles. The number of halogens is 1. The van der Waals surface area contributed by atoms with Gasteiger partial charge in [-0.25, -0.2) is 4.39 Å². The summed E-state index contributed by atoms with van der Waals surface area (Å²) in [5, 5.41) is 10.4. The van der Waals surface area contributed by atoms with Crippen molar-refractivity contribution >= 4 is 5.69 Å². The Labute approximate surface area is 124 Å². The van der Waals surface area contributed by atoms with Crippen LogP contribution >= 0.6 is 0 Å². The van der Waals surface area contributed by atoms with Gasteiger partial charge in [-0.15, -0.1) is 0 Å². The summed E-state index contributed by atoms with van der Waals surface area (Å²) in [4.78, 5) is 2.33. The number of benzene rings is 1. The van der Waals surface area contributed by atoms with E-state index in [1.54, 1.807) is 0 Å². The fraction of sp³-hybridized carbons (Fsp3) is 0.438. The summed E-state index contributed by atoms with van der Waals surface area (Å²) in [5.74, 6) is 0.453.